The molecule has 21 heavy (non-hydrogen) atoms. The fourth-order valence-electron chi connectivity index (χ4n) is 2.46. The predicted octanol–water partition coefficient (Wildman–Crippen LogP) is 2.18. The number of nitrogens with zero attached hydrogens (tertiary/aromatic N) is 1. The van der Waals surface area contributed by atoms with Crippen molar-refractivity contribution >= 4 is 5.91 Å². The molecule has 1 amide bonds. The van der Waals surface area contributed by atoms with Gasteiger partial charge in [-0.15, -0.1) is 0 Å². The number of carbonyl (C=O) groups excluding carboxylic acids is 1. The first-order valence-corrected chi connectivity index (χ1v) is 6.96. The zero-order chi connectivity index (χ0) is 15.4. The van der Waals surface area contributed by atoms with Crippen molar-refractivity contribution in [2.45, 2.75) is 26.7 Å². The number of aryl methyl sites for hydroxylation is 3. The second kappa shape index (κ2) is 6.43. The van der Waals surface area contributed by atoms with E-state index in [9.17, 15) is 4.79 Å². The fraction of sp³-hybridized carbons (Fsp3) is 0.375. The molecular weight excluding hydrogens is 266 g/mol. The number of hydrogen-bond acceptors (Lipinski definition) is 3. The van der Waals surface area contributed by atoms with Gasteiger partial charge in [-0.25, -0.2) is 0 Å². The number of benzene rings is 1. The number of methoxy groups -OCH3 is 1. The number of aromatic amines is 1. The summed E-state index contributed by atoms with van der Waals surface area (Å²) in [5.74, 6) is 0.719. The first-order chi connectivity index (χ1) is 10.1. The Morgan fingerprint density at radius 3 is 2.67 bits per heavy atom. The number of hydrogen-bond donors (Lipinski definition) is 2. The molecule has 0 saturated heterocycles. The summed E-state index contributed by atoms with van der Waals surface area (Å²) >= 11 is 0. The Kier molecular flexibility index (Phi) is 4.62. The van der Waals surface area contributed by atoms with Gasteiger partial charge < -0.3 is 10.1 Å². The lowest BCUT2D eigenvalue weighted by Gasteiger charge is -2.10. The molecule has 1 aromatic heterocycles. The second-order valence-corrected chi connectivity index (χ2v) is 5.02. The number of nitrogens with one attached hydrogen (secondary N) is 2. The molecule has 5 heteroatoms. The number of H-pyrrole nitrogens is 1. The second-order valence-electron chi connectivity index (χ2n) is 5.02. The van der Waals surface area contributed by atoms with Crippen molar-refractivity contribution in [1.29, 1.82) is 0 Å². The van der Waals surface area contributed by atoms with E-state index in [-0.39, 0.29) is 5.91 Å². The molecule has 0 unspecified atom stereocenters. The van der Waals surface area contributed by atoms with Crippen molar-refractivity contribution in [3.8, 4) is 5.75 Å². The molecule has 2 aromatic rings. The van der Waals surface area contributed by atoms with Crippen molar-refractivity contribution < 1.29 is 9.53 Å². The summed E-state index contributed by atoms with van der Waals surface area (Å²) in [6.07, 6.45) is 1.66. The SMILES string of the molecule is CNC(=O)c1ccc(OC)c(CCc2c(C)n[nH]c2C)c1. The lowest BCUT2D eigenvalue weighted by Crippen LogP contribution is -2.18. The maximum atomic E-state index is 11.7. The molecule has 5 nitrogen and oxygen atoms in total. The minimum atomic E-state index is -0.0884. The van der Waals surface area contributed by atoms with E-state index in [4.69, 9.17) is 4.74 Å². The minimum Gasteiger partial charge on any atom is -0.496 e. The topological polar surface area (TPSA) is 67.0 Å². The van der Waals surface area contributed by atoms with E-state index in [1.807, 2.05) is 26.0 Å². The van der Waals surface area contributed by atoms with Crippen molar-refractivity contribution in [3.63, 3.8) is 0 Å². The summed E-state index contributed by atoms with van der Waals surface area (Å²) in [6, 6.07) is 5.51. The molecule has 1 aromatic carbocycles. The third-order valence-electron chi connectivity index (χ3n) is 3.69. The number of ether oxygens (including phenoxy) is 1. The monoisotopic (exact) mass is 287 g/mol. The third kappa shape index (κ3) is 3.24. The molecular formula is C16H21N3O2. The lowest BCUT2D eigenvalue weighted by atomic mass is 10.0. The summed E-state index contributed by atoms with van der Waals surface area (Å²) in [4.78, 5) is 11.7. The summed E-state index contributed by atoms with van der Waals surface area (Å²) in [7, 11) is 3.27. The number of aromatic nitrogens is 2. The maximum absolute atomic E-state index is 11.7. The van der Waals surface area contributed by atoms with E-state index < -0.39 is 0 Å². The lowest BCUT2D eigenvalue weighted by molar-refractivity contribution is 0.0963. The van der Waals surface area contributed by atoms with Gasteiger partial charge >= 0.3 is 0 Å². The smallest absolute Gasteiger partial charge is 0.251 e. The van der Waals surface area contributed by atoms with Gasteiger partial charge in [0.2, 0.25) is 0 Å². The van der Waals surface area contributed by atoms with Gasteiger partial charge in [0.1, 0.15) is 5.75 Å². The Hall–Kier alpha value is -2.30. The van der Waals surface area contributed by atoms with Crippen LogP contribution in [0.5, 0.6) is 5.75 Å². The highest BCUT2D eigenvalue weighted by atomic mass is 16.5. The van der Waals surface area contributed by atoms with Crippen LogP contribution in [0.2, 0.25) is 0 Å². The van der Waals surface area contributed by atoms with Crippen LogP contribution in [0.3, 0.4) is 0 Å². The molecule has 0 aliphatic rings. The van der Waals surface area contributed by atoms with Crippen LogP contribution in [-0.2, 0) is 12.8 Å². The van der Waals surface area contributed by atoms with Gasteiger partial charge in [-0.3, -0.25) is 9.89 Å². The van der Waals surface area contributed by atoms with Crippen molar-refractivity contribution in [1.82, 2.24) is 15.5 Å². The fourth-order valence-corrected chi connectivity index (χ4v) is 2.46. The van der Waals surface area contributed by atoms with Gasteiger partial charge in [-0.1, -0.05) is 0 Å². The first kappa shape index (κ1) is 15.1. The van der Waals surface area contributed by atoms with Gasteiger partial charge in [0.05, 0.1) is 12.8 Å². The van der Waals surface area contributed by atoms with Crippen LogP contribution < -0.4 is 10.1 Å². The Labute approximate surface area is 124 Å². The quantitative estimate of drug-likeness (QED) is 0.885. The highest BCUT2D eigenvalue weighted by Gasteiger charge is 2.11. The average Bonchev–Trinajstić information content (AvgIpc) is 2.82. The summed E-state index contributed by atoms with van der Waals surface area (Å²) in [5.41, 5.74) is 5.01. The van der Waals surface area contributed by atoms with Crippen LogP contribution in [0.1, 0.15) is 32.9 Å². The van der Waals surface area contributed by atoms with Crippen LogP contribution in [0.15, 0.2) is 18.2 Å². The van der Waals surface area contributed by atoms with E-state index in [1.54, 1.807) is 20.2 Å². The Bertz CT molecular complexity index is 627. The molecule has 0 aliphatic heterocycles. The molecule has 0 saturated carbocycles. The third-order valence-corrected chi connectivity index (χ3v) is 3.69. The Morgan fingerprint density at radius 2 is 2.10 bits per heavy atom. The molecule has 0 bridgehead atoms. The Balaban J connectivity index is 2.23. The summed E-state index contributed by atoms with van der Waals surface area (Å²) in [6.45, 7) is 4.02. The van der Waals surface area contributed by atoms with Gasteiger partial charge in [0.25, 0.3) is 5.91 Å². The average molecular weight is 287 g/mol. The van der Waals surface area contributed by atoms with Crippen LogP contribution in [-0.4, -0.2) is 30.3 Å². The molecule has 0 radical (unpaired) electrons. The van der Waals surface area contributed by atoms with Crippen LogP contribution in [0.25, 0.3) is 0 Å². The highest BCUT2D eigenvalue weighted by Crippen LogP contribution is 2.23. The van der Waals surface area contributed by atoms with Gasteiger partial charge in [0, 0.05) is 18.3 Å². The number of rotatable bonds is 5. The van der Waals surface area contributed by atoms with Crippen LogP contribution in [0.4, 0.5) is 0 Å². The minimum absolute atomic E-state index is 0.0884. The predicted molar refractivity (Wildman–Crippen MR) is 81.9 cm³/mol. The number of carbonyl (C=O) groups is 1. The molecule has 0 aliphatic carbocycles. The molecule has 0 spiro atoms. The van der Waals surface area contributed by atoms with Crippen molar-refractivity contribution in [2.24, 2.45) is 0 Å². The van der Waals surface area contributed by atoms with E-state index in [1.165, 1.54) is 5.56 Å². The van der Waals surface area contributed by atoms with Gasteiger partial charge in [-0.2, -0.15) is 5.10 Å². The van der Waals surface area contributed by atoms with Crippen LogP contribution in [0, 0.1) is 13.8 Å². The molecule has 2 N–H and O–H groups in total. The largest absolute Gasteiger partial charge is 0.496 e. The molecule has 2 rings (SSSR count). The standard InChI is InChI=1S/C16H21N3O2/c1-10-14(11(2)19-18-10)7-5-12-9-13(16(20)17-3)6-8-15(12)21-4/h6,8-9H,5,7H2,1-4H3,(H,17,20)(H,18,19). The molecule has 0 atom stereocenters. The molecule has 112 valence electrons. The first-order valence-electron chi connectivity index (χ1n) is 6.96. The van der Waals surface area contributed by atoms with Gasteiger partial charge in [0.15, 0.2) is 0 Å². The van der Waals surface area contributed by atoms with Crippen molar-refractivity contribution in [2.75, 3.05) is 14.2 Å². The number of amides is 1. The molecule has 0 fully saturated rings. The summed E-state index contributed by atoms with van der Waals surface area (Å²) < 4.78 is 5.39. The van der Waals surface area contributed by atoms with E-state index in [0.717, 1.165) is 35.5 Å². The maximum Gasteiger partial charge on any atom is 0.251 e. The normalized spacial score (nSPS) is 10.5. The van der Waals surface area contributed by atoms with Crippen molar-refractivity contribution in [3.05, 3.63) is 46.3 Å². The zero-order valence-electron chi connectivity index (χ0n) is 12.9. The van der Waals surface area contributed by atoms with Crippen LogP contribution >= 0.6 is 0 Å². The summed E-state index contributed by atoms with van der Waals surface area (Å²) in [5, 5.41) is 9.84. The zero-order valence-corrected chi connectivity index (χ0v) is 12.9. The van der Waals surface area contributed by atoms with E-state index in [0.29, 0.717) is 5.56 Å². The Morgan fingerprint density at radius 1 is 1.33 bits per heavy atom. The highest BCUT2D eigenvalue weighted by molar-refractivity contribution is 5.94. The molecule has 1 heterocycles. The van der Waals surface area contributed by atoms with E-state index in [2.05, 4.69) is 15.5 Å². The van der Waals surface area contributed by atoms with Gasteiger partial charge in [-0.05, 0) is 56.0 Å². The van der Waals surface area contributed by atoms with E-state index >= 15 is 0 Å².